The number of thiophene rings is 1. The van der Waals surface area contributed by atoms with Crippen LogP contribution in [-0.4, -0.2) is 40.4 Å². The van der Waals surface area contributed by atoms with E-state index in [1.165, 1.54) is 10.4 Å². The van der Waals surface area contributed by atoms with Crippen LogP contribution >= 0.6 is 11.3 Å². The minimum absolute atomic E-state index is 0.497. The van der Waals surface area contributed by atoms with Gasteiger partial charge in [0.05, 0.1) is 11.0 Å². The Morgan fingerprint density at radius 1 is 1.35 bits per heavy atom. The molecule has 3 heterocycles. The lowest BCUT2D eigenvalue weighted by molar-refractivity contribution is -0.0543. The van der Waals surface area contributed by atoms with Gasteiger partial charge in [-0.2, -0.15) is 0 Å². The highest BCUT2D eigenvalue weighted by molar-refractivity contribution is 7.18. The number of nitrogens with one attached hydrogen (secondary N) is 1. The van der Waals surface area contributed by atoms with Gasteiger partial charge in [0.2, 0.25) is 0 Å². The fourth-order valence-electron chi connectivity index (χ4n) is 2.49. The Labute approximate surface area is 122 Å². The Bertz CT molecular complexity index is 620. The van der Waals surface area contributed by atoms with Gasteiger partial charge in [-0.3, -0.25) is 0 Å². The number of anilines is 1. The molecule has 1 aliphatic rings. The van der Waals surface area contributed by atoms with E-state index in [4.69, 9.17) is 4.74 Å². The summed E-state index contributed by atoms with van der Waals surface area (Å²) in [6.45, 7) is 5.92. The van der Waals surface area contributed by atoms with Gasteiger partial charge in [-0.25, -0.2) is 9.97 Å². The van der Waals surface area contributed by atoms with Gasteiger partial charge >= 0.3 is 0 Å². The Balaban J connectivity index is 1.84. The molecular weight excluding hydrogens is 274 g/mol. The summed E-state index contributed by atoms with van der Waals surface area (Å²) < 4.78 is 5.30. The molecule has 0 unspecified atom stereocenters. The maximum atomic E-state index is 10.5. The number of ether oxygens (including phenoxy) is 1. The van der Waals surface area contributed by atoms with E-state index < -0.39 is 5.60 Å². The zero-order valence-electron chi connectivity index (χ0n) is 11.8. The monoisotopic (exact) mass is 293 g/mol. The quantitative estimate of drug-likeness (QED) is 0.908. The molecule has 2 N–H and O–H groups in total. The Morgan fingerprint density at radius 2 is 2.10 bits per heavy atom. The van der Waals surface area contributed by atoms with Crippen LogP contribution in [0.4, 0.5) is 5.82 Å². The number of nitrogens with zero attached hydrogens (tertiary/aromatic N) is 2. The van der Waals surface area contributed by atoms with Gasteiger partial charge in [-0.1, -0.05) is 0 Å². The van der Waals surface area contributed by atoms with E-state index in [-0.39, 0.29) is 0 Å². The van der Waals surface area contributed by atoms with Crippen LogP contribution in [0.5, 0.6) is 0 Å². The molecule has 0 bridgehead atoms. The maximum absolute atomic E-state index is 10.5. The smallest absolute Gasteiger partial charge is 0.138 e. The van der Waals surface area contributed by atoms with Crippen LogP contribution in [-0.2, 0) is 4.74 Å². The van der Waals surface area contributed by atoms with Gasteiger partial charge in [0.25, 0.3) is 0 Å². The molecule has 5 nitrogen and oxygen atoms in total. The van der Waals surface area contributed by atoms with Crippen LogP contribution < -0.4 is 5.32 Å². The number of fused-ring (bicyclic) bond motifs is 1. The number of aromatic nitrogens is 2. The molecule has 108 valence electrons. The topological polar surface area (TPSA) is 67.3 Å². The average Bonchev–Trinajstić information content (AvgIpc) is 2.73. The summed E-state index contributed by atoms with van der Waals surface area (Å²) in [5, 5.41) is 14.9. The van der Waals surface area contributed by atoms with E-state index in [1.54, 1.807) is 17.7 Å². The molecule has 0 atom stereocenters. The Kier molecular flexibility index (Phi) is 3.62. The summed E-state index contributed by atoms with van der Waals surface area (Å²) in [5.74, 6) is 0.816. The van der Waals surface area contributed by atoms with Crippen molar-refractivity contribution in [1.82, 2.24) is 9.97 Å². The largest absolute Gasteiger partial charge is 0.388 e. The molecule has 2 aromatic heterocycles. The van der Waals surface area contributed by atoms with Crippen molar-refractivity contribution in [3.05, 3.63) is 16.8 Å². The van der Waals surface area contributed by atoms with Crippen LogP contribution in [0.15, 0.2) is 6.33 Å². The molecular formula is C14H19N3O2S. The highest BCUT2D eigenvalue weighted by atomic mass is 32.1. The van der Waals surface area contributed by atoms with Crippen molar-refractivity contribution in [2.45, 2.75) is 32.3 Å². The third-order valence-electron chi connectivity index (χ3n) is 3.97. The van der Waals surface area contributed by atoms with E-state index in [1.807, 2.05) is 0 Å². The zero-order chi connectivity index (χ0) is 14.2. The van der Waals surface area contributed by atoms with Crippen LogP contribution in [0.25, 0.3) is 10.2 Å². The second-order valence-corrected chi connectivity index (χ2v) is 6.58. The first-order valence-electron chi connectivity index (χ1n) is 6.84. The number of hydrogen-bond donors (Lipinski definition) is 2. The van der Waals surface area contributed by atoms with Crippen molar-refractivity contribution in [2.75, 3.05) is 25.1 Å². The summed E-state index contributed by atoms with van der Waals surface area (Å²) in [7, 11) is 0. The van der Waals surface area contributed by atoms with E-state index >= 15 is 0 Å². The van der Waals surface area contributed by atoms with E-state index in [2.05, 4.69) is 29.1 Å². The number of aryl methyl sites for hydroxylation is 2. The summed E-state index contributed by atoms with van der Waals surface area (Å²) in [6, 6.07) is 0. The molecule has 2 aromatic rings. The third kappa shape index (κ3) is 2.51. The Morgan fingerprint density at radius 3 is 2.85 bits per heavy atom. The number of rotatable bonds is 3. The standard InChI is InChI=1S/C14H19N3O2S/c1-9-10(2)20-13-11(9)12(16-8-17-13)15-7-14(18)3-5-19-6-4-14/h8,18H,3-7H2,1-2H3,(H,15,16,17). The Hall–Kier alpha value is -1.24. The SMILES string of the molecule is Cc1sc2ncnc(NCC3(O)CCOCC3)c2c1C. The minimum atomic E-state index is -0.700. The molecule has 0 radical (unpaired) electrons. The van der Waals surface area contributed by atoms with E-state index in [0.29, 0.717) is 32.6 Å². The second kappa shape index (κ2) is 5.27. The van der Waals surface area contributed by atoms with Gasteiger partial charge < -0.3 is 15.2 Å². The minimum Gasteiger partial charge on any atom is -0.388 e. The van der Waals surface area contributed by atoms with Crippen LogP contribution in [0, 0.1) is 13.8 Å². The van der Waals surface area contributed by atoms with Gasteiger partial charge in [0, 0.05) is 37.5 Å². The fraction of sp³-hybridized carbons (Fsp3) is 0.571. The molecule has 6 heteroatoms. The van der Waals surface area contributed by atoms with Gasteiger partial charge in [0.15, 0.2) is 0 Å². The molecule has 0 saturated carbocycles. The van der Waals surface area contributed by atoms with Crippen molar-refractivity contribution in [2.24, 2.45) is 0 Å². The first-order chi connectivity index (χ1) is 9.59. The summed E-state index contributed by atoms with van der Waals surface area (Å²) >= 11 is 1.68. The highest BCUT2D eigenvalue weighted by Crippen LogP contribution is 2.33. The van der Waals surface area contributed by atoms with Gasteiger partial charge in [-0.05, 0) is 19.4 Å². The third-order valence-corrected chi connectivity index (χ3v) is 5.09. The van der Waals surface area contributed by atoms with Crippen LogP contribution in [0.1, 0.15) is 23.3 Å². The lowest BCUT2D eigenvalue weighted by atomic mass is 9.94. The lowest BCUT2D eigenvalue weighted by Crippen LogP contribution is -2.42. The first kappa shape index (κ1) is 13.7. The molecule has 1 saturated heterocycles. The van der Waals surface area contributed by atoms with Crippen LogP contribution in [0.2, 0.25) is 0 Å². The molecule has 0 aromatic carbocycles. The highest BCUT2D eigenvalue weighted by Gasteiger charge is 2.29. The summed E-state index contributed by atoms with van der Waals surface area (Å²) in [6.07, 6.45) is 2.90. The van der Waals surface area contributed by atoms with Crippen molar-refractivity contribution in [3.63, 3.8) is 0 Å². The van der Waals surface area contributed by atoms with Crippen molar-refractivity contribution in [1.29, 1.82) is 0 Å². The normalized spacial score (nSPS) is 18.4. The van der Waals surface area contributed by atoms with Gasteiger partial charge in [0.1, 0.15) is 17.0 Å². The summed E-state index contributed by atoms with van der Waals surface area (Å²) in [5.41, 5.74) is 0.515. The lowest BCUT2D eigenvalue weighted by Gasteiger charge is -2.32. The summed E-state index contributed by atoms with van der Waals surface area (Å²) in [4.78, 5) is 10.9. The number of aliphatic hydroxyl groups is 1. The van der Waals surface area contributed by atoms with Crippen molar-refractivity contribution in [3.8, 4) is 0 Å². The molecule has 20 heavy (non-hydrogen) atoms. The van der Waals surface area contributed by atoms with Crippen LogP contribution in [0.3, 0.4) is 0 Å². The van der Waals surface area contributed by atoms with Gasteiger partial charge in [-0.15, -0.1) is 11.3 Å². The van der Waals surface area contributed by atoms with E-state index in [9.17, 15) is 5.11 Å². The number of hydrogen-bond acceptors (Lipinski definition) is 6. The molecule has 0 spiro atoms. The van der Waals surface area contributed by atoms with Crippen molar-refractivity contribution < 1.29 is 9.84 Å². The molecule has 0 aliphatic carbocycles. The first-order valence-corrected chi connectivity index (χ1v) is 7.65. The second-order valence-electron chi connectivity index (χ2n) is 5.38. The molecule has 3 rings (SSSR count). The van der Waals surface area contributed by atoms with E-state index in [0.717, 1.165) is 16.0 Å². The average molecular weight is 293 g/mol. The molecule has 0 amide bonds. The predicted molar refractivity (Wildman–Crippen MR) is 80.4 cm³/mol. The fourth-order valence-corrected chi connectivity index (χ4v) is 3.49. The zero-order valence-corrected chi connectivity index (χ0v) is 12.6. The maximum Gasteiger partial charge on any atom is 0.138 e. The molecule has 1 fully saturated rings. The molecule has 1 aliphatic heterocycles. The van der Waals surface area contributed by atoms with Crippen molar-refractivity contribution >= 4 is 27.4 Å². The predicted octanol–water partition coefficient (Wildman–Crippen LogP) is 2.26.